The molecule has 4 fully saturated rings. The van der Waals surface area contributed by atoms with E-state index in [1.54, 1.807) is 55.4 Å². The molecule has 8 heterocycles. The molecule has 6 aromatic rings. The number of allylic oxidation sites excluding steroid dienone is 2. The van der Waals surface area contributed by atoms with Gasteiger partial charge in [0.1, 0.15) is 63.9 Å². The summed E-state index contributed by atoms with van der Waals surface area (Å²) in [6.45, 7) is 14.3. The van der Waals surface area contributed by atoms with Crippen molar-refractivity contribution < 1.29 is 67.1 Å². The first kappa shape index (κ1) is 74.6. The number of fused-ring (bicyclic) bond motifs is 6. The van der Waals surface area contributed by atoms with Crippen molar-refractivity contribution in [3.05, 3.63) is 118 Å². The average molecular weight is 1430 g/mol. The van der Waals surface area contributed by atoms with Gasteiger partial charge in [0.05, 0.1) is 57.7 Å². The van der Waals surface area contributed by atoms with Gasteiger partial charge in [-0.15, -0.1) is 22.7 Å². The van der Waals surface area contributed by atoms with Crippen molar-refractivity contribution in [2.24, 2.45) is 11.8 Å². The van der Waals surface area contributed by atoms with E-state index in [0.717, 1.165) is 59.3 Å². The molecular formula is C74H92N10O15S2. The second kappa shape index (κ2) is 32.7. The topological polar surface area (TPSA) is 329 Å². The quantitative estimate of drug-likeness (QED) is 0.0422. The molecule has 540 valence electrons. The normalized spacial score (nSPS) is 26.1. The number of aliphatic hydroxyl groups is 1. The van der Waals surface area contributed by atoms with Crippen LogP contribution in [0.3, 0.4) is 0 Å². The fraction of sp³-hybridized carbons (Fsp3) is 0.514. The number of esters is 2. The van der Waals surface area contributed by atoms with Crippen molar-refractivity contribution >= 4 is 92.5 Å². The zero-order valence-electron chi connectivity index (χ0n) is 58.5. The fourth-order valence-corrected chi connectivity index (χ4v) is 14.4. The number of amides is 6. The Morgan fingerprint density at radius 1 is 0.594 bits per heavy atom. The summed E-state index contributed by atoms with van der Waals surface area (Å²) in [5, 5.41) is 25.5. The van der Waals surface area contributed by atoms with Gasteiger partial charge in [-0.25, -0.2) is 34.1 Å². The summed E-state index contributed by atoms with van der Waals surface area (Å²) in [5.74, 6) is -2.93. The van der Waals surface area contributed by atoms with E-state index in [-0.39, 0.29) is 56.5 Å². The number of para-hydroxylation sites is 4. The minimum atomic E-state index is -1.21. The molecule has 101 heavy (non-hydrogen) atoms. The lowest BCUT2D eigenvalue weighted by molar-refractivity contribution is -0.150. The van der Waals surface area contributed by atoms with Crippen LogP contribution in [0.25, 0.3) is 43.2 Å². The molecule has 0 radical (unpaired) electrons. The summed E-state index contributed by atoms with van der Waals surface area (Å²) in [6, 6.07) is 18.9. The monoisotopic (exact) mass is 1420 g/mol. The Morgan fingerprint density at radius 3 is 1.57 bits per heavy atom. The number of aromatic nitrogens is 4. The molecule has 12 rings (SSSR count). The lowest BCUT2D eigenvalue weighted by Gasteiger charge is -2.30. The average Bonchev–Trinajstić information content (AvgIpc) is 1.58. The van der Waals surface area contributed by atoms with E-state index in [9.17, 15) is 48.3 Å². The maximum atomic E-state index is 14.4. The van der Waals surface area contributed by atoms with E-state index >= 15 is 0 Å². The Hall–Kier alpha value is -9.08. The Bertz CT molecular complexity index is 4080. The fourth-order valence-electron chi connectivity index (χ4n) is 13.0. The molecule has 6 amide bonds. The maximum absolute atomic E-state index is 14.4. The third kappa shape index (κ3) is 18.9. The number of benzene rings is 2. The molecular weight excluding hydrogens is 1330 g/mol. The van der Waals surface area contributed by atoms with Gasteiger partial charge in [-0.05, 0) is 154 Å². The molecule has 4 aromatic heterocycles. The first-order chi connectivity index (χ1) is 48.3. The summed E-state index contributed by atoms with van der Waals surface area (Å²) in [5.41, 5.74) is 0.0128. The van der Waals surface area contributed by atoms with E-state index < -0.39 is 106 Å². The number of alkyl carbamates (subject to hydrolysis) is 2. The van der Waals surface area contributed by atoms with Crippen LogP contribution in [0.2, 0.25) is 0 Å². The highest BCUT2D eigenvalue weighted by Gasteiger charge is 2.63. The molecule has 2 aliphatic carbocycles. The number of ether oxygens (including phenoxy) is 5. The molecule has 2 aromatic carbocycles. The highest BCUT2D eigenvalue weighted by Crippen LogP contribution is 2.48. The Kier molecular flexibility index (Phi) is 24.2. The van der Waals surface area contributed by atoms with Gasteiger partial charge in [-0.1, -0.05) is 86.4 Å². The van der Waals surface area contributed by atoms with Gasteiger partial charge < -0.3 is 64.8 Å². The van der Waals surface area contributed by atoms with Gasteiger partial charge >= 0.3 is 24.1 Å². The molecule has 0 unspecified atom stereocenters. The standard InChI is InChI=1S/C37H45N5O7S.C25H39N3O7.C12H8N2OS/c1-5-47-34(45)37-21-23(37)14-9-7-6-8-10-17-27(40-35(46)49-36(2,3)4)33(44)42-22-24(20-28(42)31(43)41-37)48-32-30(29-18-13-19-50-29)38-25-15-11-12-16-26(25)39-32;1-5-34-22(32)25-14-16(25)11-9-7-6-8-10-12-18(26-23(33)35-24(2,3)4)21(31)28-15-17(29)13-19(28)20(30)27-25;15-12-11(10-6-3-7-16-10)13-8-4-1-2-5-9(8)14-12/h9,11-16,18-19,23-24,27-28H,5-8,10,17,20-22H2,1-4H3,(H,40,46)(H,41,43);9,11,16-19,29H,5-8,10,12-15H2,1-4H3,(H,26,33)(H,27,30);1-7H,(H,14,15)/b14-9-;11-9-;/t23-,24-,27+,28+,37-;16-,17+,18+,19+,25-;/m11./s1. The van der Waals surface area contributed by atoms with Crippen LogP contribution in [-0.2, 0) is 47.7 Å². The van der Waals surface area contributed by atoms with Crippen LogP contribution in [0.4, 0.5) is 9.59 Å². The number of hydrogen-bond donors (Lipinski definition) is 6. The molecule has 0 bridgehead atoms. The van der Waals surface area contributed by atoms with Crippen molar-refractivity contribution in [2.75, 3.05) is 26.3 Å². The van der Waals surface area contributed by atoms with Gasteiger partial charge in [0, 0.05) is 31.2 Å². The Morgan fingerprint density at radius 2 is 1.07 bits per heavy atom. The van der Waals surface area contributed by atoms with Crippen LogP contribution >= 0.6 is 22.7 Å². The molecule has 4 aliphatic heterocycles. The third-order valence-corrected chi connectivity index (χ3v) is 19.8. The van der Waals surface area contributed by atoms with Gasteiger partial charge in [0.15, 0.2) is 0 Å². The zero-order valence-corrected chi connectivity index (χ0v) is 60.1. The summed E-state index contributed by atoms with van der Waals surface area (Å²) < 4.78 is 28.1. The lowest BCUT2D eigenvalue weighted by Crippen LogP contribution is -2.56. The highest BCUT2D eigenvalue weighted by atomic mass is 32.1. The van der Waals surface area contributed by atoms with E-state index in [0.29, 0.717) is 66.8 Å². The first-order valence-corrected chi connectivity index (χ1v) is 36.6. The van der Waals surface area contributed by atoms with E-state index in [2.05, 4.69) is 31.2 Å². The zero-order chi connectivity index (χ0) is 72.2. The number of thiophene rings is 2. The van der Waals surface area contributed by atoms with Crippen LogP contribution in [0.15, 0.2) is 113 Å². The molecule has 2 saturated carbocycles. The lowest BCUT2D eigenvalue weighted by atomic mass is 10.0. The minimum absolute atomic E-state index is 0.0286. The van der Waals surface area contributed by atoms with Gasteiger partial charge in [0.25, 0.3) is 5.56 Å². The van der Waals surface area contributed by atoms with Gasteiger partial charge in [-0.3, -0.25) is 24.0 Å². The predicted molar refractivity (Wildman–Crippen MR) is 381 cm³/mol. The number of carbonyl (C=O) groups excluding carboxylic acids is 8. The van der Waals surface area contributed by atoms with Crippen LogP contribution in [0.1, 0.15) is 145 Å². The number of carbonyl (C=O) groups is 8. The number of nitrogens with one attached hydrogen (secondary N) is 5. The van der Waals surface area contributed by atoms with Gasteiger partial charge in [-0.2, -0.15) is 0 Å². The van der Waals surface area contributed by atoms with Crippen molar-refractivity contribution in [3.63, 3.8) is 0 Å². The largest absolute Gasteiger partial charge is 0.471 e. The number of H-pyrrole nitrogens is 1. The summed E-state index contributed by atoms with van der Waals surface area (Å²) in [7, 11) is 0. The summed E-state index contributed by atoms with van der Waals surface area (Å²) in [4.78, 5) is 140. The van der Waals surface area contributed by atoms with Gasteiger partial charge in [0.2, 0.25) is 29.5 Å². The van der Waals surface area contributed by atoms with Crippen molar-refractivity contribution in [1.82, 2.24) is 51.0 Å². The maximum Gasteiger partial charge on any atom is 0.408 e. The van der Waals surface area contributed by atoms with Crippen LogP contribution in [0, 0.1) is 11.8 Å². The second-order valence-electron chi connectivity index (χ2n) is 28.1. The van der Waals surface area contributed by atoms with Crippen molar-refractivity contribution in [1.29, 1.82) is 0 Å². The van der Waals surface area contributed by atoms with Crippen LogP contribution in [0.5, 0.6) is 5.88 Å². The number of rotatable bonds is 10. The molecule has 27 heteroatoms. The second-order valence-corrected chi connectivity index (χ2v) is 30.0. The minimum Gasteiger partial charge on any atom is -0.471 e. The Balaban J connectivity index is 0.000000185. The third-order valence-electron chi connectivity index (χ3n) is 18.1. The molecule has 6 aliphatic rings. The number of nitrogens with zero attached hydrogens (tertiary/aromatic N) is 5. The van der Waals surface area contributed by atoms with E-state index in [1.165, 1.54) is 32.5 Å². The van der Waals surface area contributed by atoms with Crippen molar-refractivity contribution in [3.8, 4) is 27.0 Å². The van der Waals surface area contributed by atoms with Crippen LogP contribution < -0.4 is 31.6 Å². The molecule has 6 N–H and O–H groups in total. The molecule has 0 spiro atoms. The SMILES string of the molecule is CCOC(=O)[C@@]12C[C@H]1/C=C\CCCCC[C@H](NC(=O)OC(C)(C)C)C(=O)N1C[C@@H](O)C[C@H]1C(=O)N2.CCOC(=O)[C@@]12C[C@H]1/C=C\CCCCC[C@H](NC(=O)OC(C)(C)C)C(=O)N1C[C@H](Oc3nc4ccccc4nc3-c3cccs3)C[C@H]1C(=O)N2.O=c1[nH]c2ccccc2nc1-c1cccs1. The molecule has 2 saturated heterocycles. The highest BCUT2D eigenvalue weighted by molar-refractivity contribution is 7.13. The summed E-state index contributed by atoms with van der Waals surface area (Å²) >= 11 is 3.02. The predicted octanol–water partition coefficient (Wildman–Crippen LogP) is 10.0. The van der Waals surface area contributed by atoms with E-state index in [4.69, 9.17) is 33.7 Å². The van der Waals surface area contributed by atoms with Crippen LogP contribution in [-0.4, -0.2) is 168 Å². The van der Waals surface area contributed by atoms with E-state index in [1.807, 2.05) is 108 Å². The molecule has 25 nitrogen and oxygen atoms in total. The number of hydrogen-bond acceptors (Lipinski definition) is 20. The number of aliphatic hydroxyl groups excluding tert-OH is 1. The smallest absolute Gasteiger partial charge is 0.408 e. The summed E-state index contributed by atoms with van der Waals surface area (Å²) in [6.07, 6.45) is 13.3. The van der Waals surface area contributed by atoms with Crippen molar-refractivity contribution in [2.45, 2.75) is 204 Å². The number of aromatic amines is 1. The Labute approximate surface area is 595 Å². The first-order valence-electron chi connectivity index (χ1n) is 34.9. The molecule has 10 atom stereocenters.